The molecular weight excluding hydrogens is 200 g/mol. The van der Waals surface area contributed by atoms with E-state index in [0.717, 1.165) is 18.4 Å². The normalized spacial score (nSPS) is 15.9. The second kappa shape index (κ2) is 3.82. The Balaban J connectivity index is 2.20. The number of amides is 1. The van der Waals surface area contributed by atoms with E-state index in [4.69, 9.17) is 5.26 Å². The molecule has 0 aromatic heterocycles. The molecule has 1 saturated carbocycles. The third-order valence-corrected chi connectivity index (χ3v) is 2.86. The molecule has 1 aromatic rings. The van der Waals surface area contributed by atoms with Crippen LogP contribution in [0.2, 0.25) is 0 Å². The zero-order valence-corrected chi connectivity index (χ0v) is 8.86. The van der Waals surface area contributed by atoms with Crippen LogP contribution < -0.4 is 5.32 Å². The van der Waals surface area contributed by atoms with Crippen molar-refractivity contribution < 1.29 is 4.79 Å². The monoisotopic (exact) mass is 212 g/mol. The third-order valence-electron chi connectivity index (χ3n) is 2.86. The predicted octanol–water partition coefficient (Wildman–Crippen LogP) is 1.85. The van der Waals surface area contributed by atoms with Crippen LogP contribution in [0.25, 0.3) is 0 Å². The number of hydrogen-bond acceptors (Lipinski definition) is 2. The number of rotatable bonds is 3. The Morgan fingerprint density at radius 2 is 2.06 bits per heavy atom. The van der Waals surface area contributed by atoms with Gasteiger partial charge in [0.05, 0.1) is 17.2 Å². The summed E-state index contributed by atoms with van der Waals surface area (Å²) in [5.74, 6) is -0.151. The molecule has 80 valence electrons. The van der Waals surface area contributed by atoms with Crippen LogP contribution >= 0.6 is 0 Å². The summed E-state index contributed by atoms with van der Waals surface area (Å²) in [5.41, 5.74) is 1.47. The van der Waals surface area contributed by atoms with E-state index < -0.39 is 0 Å². The molecule has 0 spiro atoms. The van der Waals surface area contributed by atoms with Gasteiger partial charge >= 0.3 is 0 Å². The van der Waals surface area contributed by atoms with Gasteiger partial charge in [0, 0.05) is 0 Å². The fraction of sp³-hybridized carbons (Fsp3) is 0.231. The molecule has 0 bridgehead atoms. The van der Waals surface area contributed by atoms with Crippen molar-refractivity contribution in [2.24, 2.45) is 0 Å². The number of nitriles is 1. The molecule has 16 heavy (non-hydrogen) atoms. The highest BCUT2D eigenvalue weighted by atomic mass is 16.1. The zero-order chi connectivity index (χ0) is 11.6. The number of benzene rings is 1. The fourth-order valence-electron chi connectivity index (χ4n) is 1.76. The average molecular weight is 212 g/mol. The first-order chi connectivity index (χ1) is 7.70. The van der Waals surface area contributed by atoms with Crippen molar-refractivity contribution in [3.05, 3.63) is 48.0 Å². The molecule has 1 N–H and O–H groups in total. The maximum atomic E-state index is 11.3. The molecule has 2 rings (SSSR count). The van der Waals surface area contributed by atoms with Crippen LogP contribution in [0.3, 0.4) is 0 Å². The van der Waals surface area contributed by atoms with Gasteiger partial charge in [0.15, 0.2) is 0 Å². The minimum Gasteiger partial charge on any atom is -0.343 e. The van der Waals surface area contributed by atoms with Crippen molar-refractivity contribution >= 4 is 5.91 Å². The van der Waals surface area contributed by atoms with Crippen LogP contribution in [0.1, 0.15) is 24.0 Å². The third kappa shape index (κ3) is 1.82. The van der Waals surface area contributed by atoms with Gasteiger partial charge in [-0.2, -0.15) is 5.26 Å². The molecule has 3 nitrogen and oxygen atoms in total. The number of carbonyl (C=O) groups excluding carboxylic acids is 1. The van der Waals surface area contributed by atoms with E-state index in [2.05, 4.69) is 18.0 Å². The van der Waals surface area contributed by atoms with Crippen LogP contribution in [0.5, 0.6) is 0 Å². The van der Waals surface area contributed by atoms with E-state index >= 15 is 0 Å². The molecule has 0 unspecified atom stereocenters. The van der Waals surface area contributed by atoms with Crippen LogP contribution in [0.15, 0.2) is 36.9 Å². The molecule has 0 aliphatic heterocycles. The largest absolute Gasteiger partial charge is 0.343 e. The number of hydrogen-bond donors (Lipinski definition) is 1. The van der Waals surface area contributed by atoms with Gasteiger partial charge in [-0.25, -0.2) is 0 Å². The Kier molecular flexibility index (Phi) is 2.49. The van der Waals surface area contributed by atoms with E-state index in [0.29, 0.717) is 5.56 Å². The summed E-state index contributed by atoms with van der Waals surface area (Å²) in [6.07, 6.45) is 3.17. The van der Waals surface area contributed by atoms with Gasteiger partial charge in [-0.05, 0) is 36.6 Å². The summed E-state index contributed by atoms with van der Waals surface area (Å²) in [6.45, 7) is 3.44. The SMILES string of the molecule is C=CC(=O)NC1(c2ccc(C#N)cc2)CC1. The molecule has 1 aliphatic carbocycles. The number of carbonyl (C=O) groups is 1. The Labute approximate surface area is 94.4 Å². The van der Waals surface area contributed by atoms with E-state index in [1.54, 1.807) is 12.1 Å². The predicted molar refractivity (Wildman–Crippen MR) is 60.4 cm³/mol. The molecule has 0 heterocycles. The highest BCUT2D eigenvalue weighted by Gasteiger charge is 2.45. The van der Waals surface area contributed by atoms with Gasteiger partial charge in [0.2, 0.25) is 5.91 Å². The van der Waals surface area contributed by atoms with Crippen LogP contribution in [0.4, 0.5) is 0 Å². The molecular formula is C13H12N2O. The number of nitrogens with zero attached hydrogens (tertiary/aromatic N) is 1. The first-order valence-electron chi connectivity index (χ1n) is 5.15. The molecule has 1 aliphatic rings. The Hall–Kier alpha value is -2.08. The highest BCUT2D eigenvalue weighted by molar-refractivity contribution is 5.88. The molecule has 3 heteroatoms. The van der Waals surface area contributed by atoms with E-state index in [1.807, 2.05) is 12.1 Å². The van der Waals surface area contributed by atoms with Gasteiger partial charge in [-0.3, -0.25) is 4.79 Å². The average Bonchev–Trinajstić information content (AvgIpc) is 3.10. The van der Waals surface area contributed by atoms with E-state index in [1.165, 1.54) is 6.08 Å². The summed E-state index contributed by atoms with van der Waals surface area (Å²) >= 11 is 0. The Morgan fingerprint density at radius 3 is 2.50 bits per heavy atom. The molecule has 0 saturated heterocycles. The lowest BCUT2D eigenvalue weighted by Gasteiger charge is -2.16. The minimum absolute atomic E-state index is 0.151. The summed E-state index contributed by atoms with van der Waals surface area (Å²) in [6, 6.07) is 9.42. The molecule has 1 fully saturated rings. The zero-order valence-electron chi connectivity index (χ0n) is 8.86. The van der Waals surface area contributed by atoms with Crippen molar-refractivity contribution in [2.45, 2.75) is 18.4 Å². The standard InChI is InChI=1S/C13H12N2O/c1-2-12(16)15-13(7-8-13)11-5-3-10(9-14)4-6-11/h2-6H,1,7-8H2,(H,15,16). The molecule has 0 radical (unpaired) electrons. The Morgan fingerprint density at radius 1 is 1.44 bits per heavy atom. The topological polar surface area (TPSA) is 52.9 Å². The summed E-state index contributed by atoms with van der Waals surface area (Å²) < 4.78 is 0. The summed E-state index contributed by atoms with van der Waals surface area (Å²) in [5, 5.41) is 11.6. The quantitative estimate of drug-likeness (QED) is 0.777. The van der Waals surface area contributed by atoms with Gasteiger partial charge in [-0.15, -0.1) is 0 Å². The van der Waals surface area contributed by atoms with Crippen LogP contribution in [-0.2, 0) is 10.3 Å². The van der Waals surface area contributed by atoms with Gasteiger partial charge < -0.3 is 5.32 Å². The second-order valence-corrected chi connectivity index (χ2v) is 3.96. The van der Waals surface area contributed by atoms with Crippen LogP contribution in [0, 0.1) is 11.3 Å². The van der Waals surface area contributed by atoms with Gasteiger partial charge in [-0.1, -0.05) is 18.7 Å². The van der Waals surface area contributed by atoms with E-state index in [9.17, 15) is 4.79 Å². The Bertz CT molecular complexity index is 464. The smallest absolute Gasteiger partial charge is 0.244 e. The molecule has 1 aromatic carbocycles. The first-order valence-corrected chi connectivity index (χ1v) is 5.15. The maximum absolute atomic E-state index is 11.3. The van der Waals surface area contributed by atoms with E-state index in [-0.39, 0.29) is 11.4 Å². The van der Waals surface area contributed by atoms with Gasteiger partial charge in [0.25, 0.3) is 0 Å². The maximum Gasteiger partial charge on any atom is 0.244 e. The lowest BCUT2D eigenvalue weighted by Crippen LogP contribution is -2.33. The fourth-order valence-corrected chi connectivity index (χ4v) is 1.76. The second-order valence-electron chi connectivity index (χ2n) is 3.96. The lowest BCUT2D eigenvalue weighted by molar-refractivity contribution is -0.117. The minimum atomic E-state index is -0.223. The molecule has 1 amide bonds. The number of nitrogens with one attached hydrogen (secondary N) is 1. The highest BCUT2D eigenvalue weighted by Crippen LogP contribution is 2.45. The van der Waals surface area contributed by atoms with Crippen molar-refractivity contribution in [2.75, 3.05) is 0 Å². The van der Waals surface area contributed by atoms with Crippen molar-refractivity contribution in [1.82, 2.24) is 5.32 Å². The lowest BCUT2D eigenvalue weighted by atomic mass is 10.0. The van der Waals surface area contributed by atoms with Crippen molar-refractivity contribution in [3.8, 4) is 6.07 Å². The summed E-state index contributed by atoms with van der Waals surface area (Å²) in [4.78, 5) is 11.3. The first kappa shape index (κ1) is 10.4. The molecule has 0 atom stereocenters. The van der Waals surface area contributed by atoms with Crippen LogP contribution in [-0.4, -0.2) is 5.91 Å². The van der Waals surface area contributed by atoms with Crippen molar-refractivity contribution in [1.29, 1.82) is 5.26 Å². The van der Waals surface area contributed by atoms with Gasteiger partial charge in [0.1, 0.15) is 0 Å². The summed E-state index contributed by atoms with van der Waals surface area (Å²) in [7, 11) is 0. The van der Waals surface area contributed by atoms with Crippen molar-refractivity contribution in [3.63, 3.8) is 0 Å².